The number of hydrogen-bond acceptors (Lipinski definition) is 4. The first-order valence-electron chi connectivity index (χ1n) is 5.31. The van der Waals surface area contributed by atoms with Crippen molar-refractivity contribution >= 4 is 16.5 Å². The van der Waals surface area contributed by atoms with Gasteiger partial charge in [0.05, 0.1) is 0 Å². The Morgan fingerprint density at radius 1 is 1.25 bits per heavy atom. The van der Waals surface area contributed by atoms with Crippen LogP contribution in [0, 0.1) is 0 Å². The standard InChI is InChI=1S/C12H15N3S/c13-8-11-9-15-12(16-11)14-7-6-10-4-2-1-3-5-10/h1-5,9H,6-8,13H2,(H,14,15). The lowest BCUT2D eigenvalue weighted by Gasteiger charge is -2.02. The van der Waals surface area contributed by atoms with Crippen molar-refractivity contribution in [2.75, 3.05) is 11.9 Å². The molecule has 84 valence electrons. The molecule has 0 unspecified atom stereocenters. The molecule has 0 fully saturated rings. The van der Waals surface area contributed by atoms with Crippen molar-refractivity contribution in [1.82, 2.24) is 4.98 Å². The van der Waals surface area contributed by atoms with Gasteiger partial charge in [0.2, 0.25) is 0 Å². The van der Waals surface area contributed by atoms with Crippen molar-refractivity contribution in [1.29, 1.82) is 0 Å². The van der Waals surface area contributed by atoms with Crippen LogP contribution in [0.5, 0.6) is 0 Å². The van der Waals surface area contributed by atoms with Gasteiger partial charge in [0.15, 0.2) is 5.13 Å². The number of hydrogen-bond donors (Lipinski definition) is 2. The molecular formula is C12H15N3S. The van der Waals surface area contributed by atoms with Gasteiger partial charge in [-0.2, -0.15) is 0 Å². The summed E-state index contributed by atoms with van der Waals surface area (Å²) in [5.41, 5.74) is 6.86. The van der Waals surface area contributed by atoms with Crippen molar-refractivity contribution in [3.63, 3.8) is 0 Å². The molecule has 0 spiro atoms. The summed E-state index contributed by atoms with van der Waals surface area (Å²) in [5, 5.41) is 4.25. The van der Waals surface area contributed by atoms with Gasteiger partial charge in [0.1, 0.15) is 0 Å². The molecule has 0 aliphatic heterocycles. The summed E-state index contributed by atoms with van der Waals surface area (Å²) in [6.07, 6.45) is 2.84. The second-order valence-corrected chi connectivity index (χ2v) is 4.61. The lowest BCUT2D eigenvalue weighted by atomic mass is 10.2. The van der Waals surface area contributed by atoms with Crippen LogP contribution in [-0.4, -0.2) is 11.5 Å². The van der Waals surface area contributed by atoms with Crippen LogP contribution in [0.4, 0.5) is 5.13 Å². The summed E-state index contributed by atoms with van der Waals surface area (Å²) in [6.45, 7) is 1.47. The minimum atomic E-state index is 0.567. The molecule has 16 heavy (non-hydrogen) atoms. The van der Waals surface area contributed by atoms with E-state index in [1.807, 2.05) is 12.3 Å². The number of thiazole rings is 1. The second-order valence-electron chi connectivity index (χ2n) is 3.50. The average Bonchev–Trinajstić information content (AvgIpc) is 2.78. The van der Waals surface area contributed by atoms with Crippen LogP contribution in [0.2, 0.25) is 0 Å². The van der Waals surface area contributed by atoms with Gasteiger partial charge in [-0.3, -0.25) is 0 Å². The number of anilines is 1. The third-order valence-electron chi connectivity index (χ3n) is 2.29. The molecule has 1 heterocycles. The predicted molar refractivity (Wildman–Crippen MR) is 68.6 cm³/mol. The number of nitrogens with zero attached hydrogens (tertiary/aromatic N) is 1. The highest BCUT2D eigenvalue weighted by Crippen LogP contribution is 2.17. The van der Waals surface area contributed by atoms with Gasteiger partial charge >= 0.3 is 0 Å². The fraction of sp³-hybridized carbons (Fsp3) is 0.250. The molecule has 1 aromatic carbocycles. The van der Waals surface area contributed by atoms with E-state index >= 15 is 0 Å². The molecule has 3 N–H and O–H groups in total. The molecule has 2 aromatic rings. The first-order chi connectivity index (χ1) is 7.88. The molecule has 1 aromatic heterocycles. The van der Waals surface area contributed by atoms with Crippen molar-refractivity contribution in [3.05, 3.63) is 47.0 Å². The molecule has 0 bridgehead atoms. The zero-order chi connectivity index (χ0) is 11.2. The summed E-state index contributed by atoms with van der Waals surface area (Å²) in [4.78, 5) is 5.36. The minimum Gasteiger partial charge on any atom is -0.361 e. The van der Waals surface area contributed by atoms with E-state index in [1.54, 1.807) is 11.3 Å². The second kappa shape index (κ2) is 5.63. The van der Waals surface area contributed by atoms with Crippen LogP contribution in [-0.2, 0) is 13.0 Å². The zero-order valence-corrected chi connectivity index (χ0v) is 9.83. The van der Waals surface area contributed by atoms with Gasteiger partial charge in [-0.25, -0.2) is 4.98 Å². The van der Waals surface area contributed by atoms with Gasteiger partial charge in [-0.05, 0) is 12.0 Å². The Morgan fingerprint density at radius 2 is 2.06 bits per heavy atom. The maximum atomic E-state index is 5.53. The van der Waals surface area contributed by atoms with Crippen molar-refractivity contribution in [2.24, 2.45) is 5.73 Å². The number of nitrogens with two attached hydrogens (primary N) is 1. The molecule has 0 amide bonds. The van der Waals surface area contributed by atoms with E-state index in [9.17, 15) is 0 Å². The Morgan fingerprint density at radius 3 is 2.75 bits per heavy atom. The number of nitrogens with one attached hydrogen (secondary N) is 1. The summed E-state index contributed by atoms with van der Waals surface area (Å²) in [7, 11) is 0. The molecule has 0 aliphatic rings. The topological polar surface area (TPSA) is 50.9 Å². The Labute approximate surface area is 99.3 Å². The van der Waals surface area contributed by atoms with Crippen LogP contribution < -0.4 is 11.1 Å². The van der Waals surface area contributed by atoms with Gasteiger partial charge in [0, 0.05) is 24.2 Å². The van der Waals surface area contributed by atoms with E-state index in [2.05, 4.69) is 34.6 Å². The van der Waals surface area contributed by atoms with E-state index in [4.69, 9.17) is 5.73 Å². The first kappa shape index (κ1) is 11.1. The van der Waals surface area contributed by atoms with Crippen LogP contribution in [0.25, 0.3) is 0 Å². The number of benzene rings is 1. The molecule has 0 saturated carbocycles. The molecule has 0 atom stereocenters. The van der Waals surface area contributed by atoms with Crippen LogP contribution in [0.3, 0.4) is 0 Å². The normalized spacial score (nSPS) is 10.3. The number of rotatable bonds is 5. The highest BCUT2D eigenvalue weighted by molar-refractivity contribution is 7.15. The lowest BCUT2D eigenvalue weighted by molar-refractivity contribution is 1.01. The molecule has 3 nitrogen and oxygen atoms in total. The van der Waals surface area contributed by atoms with E-state index in [0.717, 1.165) is 23.0 Å². The van der Waals surface area contributed by atoms with E-state index in [-0.39, 0.29) is 0 Å². The Bertz CT molecular complexity index is 425. The van der Waals surface area contributed by atoms with Gasteiger partial charge in [-0.1, -0.05) is 30.3 Å². The average molecular weight is 233 g/mol. The predicted octanol–water partition coefficient (Wildman–Crippen LogP) is 2.26. The summed E-state index contributed by atoms with van der Waals surface area (Å²) in [5.74, 6) is 0. The monoisotopic (exact) mass is 233 g/mol. The van der Waals surface area contributed by atoms with E-state index < -0.39 is 0 Å². The Balaban J connectivity index is 1.80. The lowest BCUT2D eigenvalue weighted by Crippen LogP contribution is -2.04. The zero-order valence-electron chi connectivity index (χ0n) is 9.02. The van der Waals surface area contributed by atoms with Crippen molar-refractivity contribution in [2.45, 2.75) is 13.0 Å². The molecule has 2 rings (SSSR count). The fourth-order valence-electron chi connectivity index (χ4n) is 1.44. The van der Waals surface area contributed by atoms with E-state index in [0.29, 0.717) is 6.54 Å². The van der Waals surface area contributed by atoms with Crippen LogP contribution >= 0.6 is 11.3 Å². The van der Waals surface area contributed by atoms with Crippen molar-refractivity contribution in [3.8, 4) is 0 Å². The van der Waals surface area contributed by atoms with Gasteiger partial charge in [-0.15, -0.1) is 11.3 Å². The SMILES string of the molecule is NCc1cnc(NCCc2ccccc2)s1. The Kier molecular flexibility index (Phi) is 3.91. The molecule has 0 aliphatic carbocycles. The molecule has 0 radical (unpaired) electrons. The number of aromatic nitrogens is 1. The third kappa shape index (κ3) is 3.05. The van der Waals surface area contributed by atoms with Gasteiger partial charge < -0.3 is 11.1 Å². The van der Waals surface area contributed by atoms with Crippen molar-refractivity contribution < 1.29 is 0 Å². The largest absolute Gasteiger partial charge is 0.361 e. The maximum Gasteiger partial charge on any atom is 0.182 e. The fourth-order valence-corrected chi connectivity index (χ4v) is 2.16. The van der Waals surface area contributed by atoms with Crippen LogP contribution in [0.15, 0.2) is 36.5 Å². The first-order valence-corrected chi connectivity index (χ1v) is 6.12. The smallest absolute Gasteiger partial charge is 0.182 e. The highest BCUT2D eigenvalue weighted by atomic mass is 32.1. The van der Waals surface area contributed by atoms with Gasteiger partial charge in [0.25, 0.3) is 0 Å². The maximum absolute atomic E-state index is 5.53. The summed E-state index contributed by atoms with van der Waals surface area (Å²) < 4.78 is 0. The summed E-state index contributed by atoms with van der Waals surface area (Å²) >= 11 is 1.62. The Hall–Kier alpha value is -1.39. The van der Waals surface area contributed by atoms with E-state index in [1.165, 1.54) is 5.56 Å². The quantitative estimate of drug-likeness (QED) is 0.833. The molecule has 4 heteroatoms. The molecule has 0 saturated heterocycles. The minimum absolute atomic E-state index is 0.567. The highest BCUT2D eigenvalue weighted by Gasteiger charge is 1.99. The molecular weight excluding hydrogens is 218 g/mol. The summed E-state index contributed by atoms with van der Waals surface area (Å²) in [6, 6.07) is 10.4. The third-order valence-corrected chi connectivity index (χ3v) is 3.26. The van der Waals surface area contributed by atoms with Crippen LogP contribution in [0.1, 0.15) is 10.4 Å².